The fourth-order valence-electron chi connectivity index (χ4n) is 3.07. The number of anilines is 1. The van der Waals surface area contributed by atoms with Crippen molar-refractivity contribution in [3.05, 3.63) is 64.3 Å². The second kappa shape index (κ2) is 9.27. The maximum absolute atomic E-state index is 13.1. The van der Waals surface area contributed by atoms with Gasteiger partial charge >= 0.3 is 6.61 Å². The number of allylic oxidation sites excluding steroid dienone is 1. The Morgan fingerprint density at radius 1 is 1.23 bits per heavy atom. The third-order valence-electron chi connectivity index (χ3n) is 4.33. The summed E-state index contributed by atoms with van der Waals surface area (Å²) in [6, 6.07) is 10.5. The maximum Gasteiger partial charge on any atom is 0.387 e. The molecular weight excluding hydrogens is 436 g/mol. The van der Waals surface area contributed by atoms with Crippen LogP contribution in [0.4, 0.5) is 14.5 Å². The molecule has 2 aromatic rings. The van der Waals surface area contributed by atoms with Crippen molar-refractivity contribution in [2.24, 2.45) is 0 Å². The molecule has 0 aromatic heterocycles. The largest absolute Gasteiger partial charge is 0.493 e. The normalized spacial score (nSPS) is 16.1. The molecule has 1 aliphatic heterocycles. The van der Waals surface area contributed by atoms with Gasteiger partial charge < -0.3 is 25.4 Å². The fraction of sp³-hybridized carbons (Fsp3) is 0.200. The van der Waals surface area contributed by atoms with E-state index in [1.165, 1.54) is 19.2 Å². The van der Waals surface area contributed by atoms with E-state index >= 15 is 0 Å². The number of nitrogens with one attached hydrogen (secondary N) is 3. The van der Waals surface area contributed by atoms with E-state index in [-0.39, 0.29) is 17.4 Å². The molecule has 1 unspecified atom stereocenters. The molecule has 0 spiro atoms. The smallest absolute Gasteiger partial charge is 0.387 e. The maximum atomic E-state index is 13.1. The molecule has 3 N–H and O–H groups in total. The van der Waals surface area contributed by atoms with Crippen molar-refractivity contribution in [3.8, 4) is 11.5 Å². The van der Waals surface area contributed by atoms with Crippen LogP contribution in [-0.4, -0.2) is 24.7 Å². The second-order valence-corrected chi connectivity index (χ2v) is 7.17. The summed E-state index contributed by atoms with van der Waals surface area (Å²) in [6.45, 7) is -1.27. The summed E-state index contributed by atoms with van der Waals surface area (Å²) in [6.07, 6.45) is 0. The quantitative estimate of drug-likeness (QED) is 0.564. The Balaban J connectivity index is 1.96. The van der Waals surface area contributed by atoms with Gasteiger partial charge in [0.2, 0.25) is 0 Å². The molecule has 30 heavy (non-hydrogen) atoms. The number of ether oxygens (including phenoxy) is 2. The second-order valence-electron chi connectivity index (χ2n) is 6.32. The average molecular weight is 454 g/mol. The van der Waals surface area contributed by atoms with E-state index in [4.69, 9.17) is 28.6 Å². The lowest BCUT2D eigenvalue weighted by molar-refractivity contribution is -0.113. The van der Waals surface area contributed by atoms with Gasteiger partial charge in [0, 0.05) is 16.4 Å². The van der Waals surface area contributed by atoms with E-state index in [0.29, 0.717) is 32.7 Å². The van der Waals surface area contributed by atoms with Gasteiger partial charge in [0.25, 0.3) is 5.91 Å². The number of thiocarbonyl (C=S) groups is 1. The Kier molecular flexibility index (Phi) is 6.73. The summed E-state index contributed by atoms with van der Waals surface area (Å²) in [5.74, 6) is -0.390. The van der Waals surface area contributed by atoms with Gasteiger partial charge in [0.15, 0.2) is 16.6 Å². The van der Waals surface area contributed by atoms with E-state index in [1.807, 2.05) is 0 Å². The standard InChI is InChI=1S/C20H18ClF2N3O3S/c1-10-16(18(27)25-13-5-3-4-12(21)9-13)17(26-20(30)24-10)11-6-7-14(29-19(22)23)15(8-11)28-2/h3-9,17,19H,1-2H3,(H,25,27)(H2,24,26,30). The van der Waals surface area contributed by atoms with E-state index in [0.717, 1.165) is 0 Å². The number of methoxy groups -OCH3 is 1. The first kappa shape index (κ1) is 21.8. The van der Waals surface area contributed by atoms with Crippen LogP contribution in [0.3, 0.4) is 0 Å². The minimum atomic E-state index is -2.99. The van der Waals surface area contributed by atoms with Crippen molar-refractivity contribution in [2.45, 2.75) is 19.6 Å². The van der Waals surface area contributed by atoms with Crippen LogP contribution < -0.4 is 25.4 Å². The van der Waals surface area contributed by atoms with Gasteiger partial charge in [-0.2, -0.15) is 8.78 Å². The summed E-state index contributed by atoms with van der Waals surface area (Å²) in [4.78, 5) is 13.1. The highest BCUT2D eigenvalue weighted by atomic mass is 35.5. The van der Waals surface area contributed by atoms with Gasteiger partial charge in [-0.3, -0.25) is 4.79 Å². The first-order valence-corrected chi connectivity index (χ1v) is 9.55. The zero-order chi connectivity index (χ0) is 21.8. The number of rotatable bonds is 6. The number of amides is 1. The van der Waals surface area contributed by atoms with Crippen molar-refractivity contribution in [2.75, 3.05) is 12.4 Å². The highest BCUT2D eigenvalue weighted by Crippen LogP contribution is 2.35. The molecular formula is C20H18ClF2N3O3S. The molecule has 1 atom stereocenters. The number of hydrogen-bond donors (Lipinski definition) is 3. The van der Waals surface area contributed by atoms with Crippen LogP contribution in [0.2, 0.25) is 5.02 Å². The van der Waals surface area contributed by atoms with Crippen molar-refractivity contribution < 1.29 is 23.0 Å². The Bertz CT molecular complexity index is 1020. The fourth-order valence-corrected chi connectivity index (χ4v) is 3.53. The zero-order valence-corrected chi connectivity index (χ0v) is 17.5. The molecule has 0 aliphatic carbocycles. The minimum Gasteiger partial charge on any atom is -0.493 e. The van der Waals surface area contributed by atoms with E-state index in [2.05, 4.69) is 20.7 Å². The first-order valence-electron chi connectivity index (χ1n) is 8.76. The summed E-state index contributed by atoms with van der Waals surface area (Å²) in [7, 11) is 1.34. The minimum absolute atomic E-state index is 0.103. The van der Waals surface area contributed by atoms with Crippen LogP contribution in [0.25, 0.3) is 0 Å². The molecule has 0 fully saturated rings. The predicted octanol–water partition coefficient (Wildman–Crippen LogP) is 4.38. The van der Waals surface area contributed by atoms with Gasteiger partial charge in [-0.05, 0) is 55.0 Å². The van der Waals surface area contributed by atoms with Crippen LogP contribution in [0.5, 0.6) is 11.5 Å². The van der Waals surface area contributed by atoms with Crippen LogP contribution in [0, 0.1) is 0 Å². The van der Waals surface area contributed by atoms with Crippen molar-refractivity contribution in [1.82, 2.24) is 10.6 Å². The highest BCUT2D eigenvalue weighted by molar-refractivity contribution is 7.80. The number of alkyl halides is 2. The van der Waals surface area contributed by atoms with Gasteiger partial charge in [-0.15, -0.1) is 0 Å². The molecule has 6 nitrogen and oxygen atoms in total. The third-order valence-corrected chi connectivity index (χ3v) is 4.79. The summed E-state index contributed by atoms with van der Waals surface area (Å²) >= 11 is 11.2. The zero-order valence-electron chi connectivity index (χ0n) is 16.0. The Hall–Kier alpha value is -2.91. The van der Waals surface area contributed by atoms with E-state index in [1.54, 1.807) is 37.3 Å². The van der Waals surface area contributed by atoms with Crippen LogP contribution >= 0.6 is 23.8 Å². The van der Waals surface area contributed by atoms with Gasteiger partial charge in [-0.25, -0.2) is 0 Å². The molecule has 3 rings (SSSR count). The average Bonchev–Trinajstić information content (AvgIpc) is 2.67. The Labute approximate surface area is 182 Å². The molecule has 158 valence electrons. The molecule has 2 aromatic carbocycles. The molecule has 0 saturated carbocycles. The highest BCUT2D eigenvalue weighted by Gasteiger charge is 2.30. The van der Waals surface area contributed by atoms with Gasteiger partial charge in [0.1, 0.15) is 0 Å². The topological polar surface area (TPSA) is 71.6 Å². The Morgan fingerprint density at radius 2 is 2.00 bits per heavy atom. The lowest BCUT2D eigenvalue weighted by Gasteiger charge is -2.30. The van der Waals surface area contributed by atoms with Gasteiger partial charge in [-0.1, -0.05) is 23.7 Å². The van der Waals surface area contributed by atoms with E-state index in [9.17, 15) is 13.6 Å². The van der Waals surface area contributed by atoms with Crippen LogP contribution in [0.1, 0.15) is 18.5 Å². The molecule has 1 heterocycles. The summed E-state index contributed by atoms with van der Waals surface area (Å²) in [5, 5.41) is 9.57. The SMILES string of the molecule is COc1cc(C2NC(=S)NC(C)=C2C(=O)Nc2cccc(Cl)c2)ccc1OC(F)F. The van der Waals surface area contributed by atoms with Crippen LogP contribution in [-0.2, 0) is 4.79 Å². The van der Waals surface area contributed by atoms with E-state index < -0.39 is 12.7 Å². The van der Waals surface area contributed by atoms with Crippen molar-refractivity contribution in [3.63, 3.8) is 0 Å². The van der Waals surface area contributed by atoms with Gasteiger partial charge in [0.05, 0.1) is 18.7 Å². The van der Waals surface area contributed by atoms with Crippen molar-refractivity contribution >= 4 is 40.5 Å². The Morgan fingerprint density at radius 3 is 2.67 bits per heavy atom. The van der Waals surface area contributed by atoms with Crippen molar-refractivity contribution in [1.29, 1.82) is 0 Å². The lowest BCUT2D eigenvalue weighted by Crippen LogP contribution is -2.45. The van der Waals surface area contributed by atoms with Crippen LogP contribution in [0.15, 0.2) is 53.7 Å². The predicted molar refractivity (Wildman–Crippen MR) is 114 cm³/mol. The molecule has 1 aliphatic rings. The number of hydrogen-bond acceptors (Lipinski definition) is 4. The number of halogens is 3. The summed E-state index contributed by atoms with van der Waals surface area (Å²) < 4.78 is 34.9. The number of carbonyl (C=O) groups is 1. The molecule has 0 bridgehead atoms. The molecule has 0 radical (unpaired) electrons. The monoisotopic (exact) mass is 453 g/mol. The lowest BCUT2D eigenvalue weighted by atomic mass is 9.94. The first-order chi connectivity index (χ1) is 14.3. The third kappa shape index (κ3) is 4.98. The molecule has 1 amide bonds. The molecule has 10 heteroatoms. The number of benzene rings is 2. The summed E-state index contributed by atoms with van der Waals surface area (Å²) in [5.41, 5.74) is 2.02. The molecule has 0 saturated heterocycles. The number of carbonyl (C=O) groups excluding carboxylic acids is 1.